The van der Waals surface area contributed by atoms with Crippen LogP contribution in [0.5, 0.6) is 0 Å². The molecular formula is C19H14F7NO5S2. The van der Waals surface area contributed by atoms with E-state index >= 15 is 0 Å². The van der Waals surface area contributed by atoms with Gasteiger partial charge < -0.3 is 10.2 Å². The molecule has 1 heterocycles. The monoisotopic (exact) mass is 533 g/mol. The second-order valence-corrected chi connectivity index (χ2v) is 10.1. The predicted octanol–water partition coefficient (Wildman–Crippen LogP) is 4.28. The molecule has 0 fully saturated rings. The number of hydrogen-bond donors (Lipinski definition) is 2. The maximum absolute atomic E-state index is 13.3. The smallest absolute Gasteiger partial charge is 0.430 e. The highest BCUT2D eigenvalue weighted by Crippen LogP contribution is 2.52. The zero-order chi connectivity index (χ0) is 25.7. The number of anilines is 1. The predicted molar refractivity (Wildman–Crippen MR) is 105 cm³/mol. The Morgan fingerprint density at radius 3 is 2.09 bits per heavy atom. The molecule has 0 aromatic heterocycles. The van der Waals surface area contributed by atoms with Crippen molar-refractivity contribution in [1.29, 1.82) is 0 Å². The van der Waals surface area contributed by atoms with Crippen molar-refractivity contribution in [2.45, 2.75) is 40.2 Å². The van der Waals surface area contributed by atoms with E-state index in [2.05, 4.69) is 0 Å². The maximum Gasteiger partial charge on any atom is 0.430 e. The van der Waals surface area contributed by atoms with Gasteiger partial charge in [-0.15, -0.1) is 11.8 Å². The summed E-state index contributed by atoms with van der Waals surface area (Å²) in [6.45, 7) is 0. The molecular weight excluding hydrogens is 519 g/mol. The lowest BCUT2D eigenvalue weighted by Crippen LogP contribution is -2.54. The summed E-state index contributed by atoms with van der Waals surface area (Å²) in [5.74, 6) is -2.52. The van der Waals surface area contributed by atoms with Gasteiger partial charge in [-0.25, -0.2) is 12.8 Å². The van der Waals surface area contributed by atoms with Crippen molar-refractivity contribution in [3.05, 3.63) is 53.8 Å². The van der Waals surface area contributed by atoms with Crippen LogP contribution in [0.25, 0.3) is 0 Å². The van der Waals surface area contributed by atoms with Gasteiger partial charge in [0.2, 0.25) is 0 Å². The van der Waals surface area contributed by atoms with E-state index in [9.17, 15) is 54.2 Å². The van der Waals surface area contributed by atoms with Crippen molar-refractivity contribution >= 4 is 33.4 Å². The van der Waals surface area contributed by atoms with Crippen LogP contribution < -0.4 is 4.31 Å². The highest BCUT2D eigenvalue weighted by Gasteiger charge is 2.71. The van der Waals surface area contributed by atoms with Crippen molar-refractivity contribution < 1.29 is 54.2 Å². The molecule has 6 nitrogen and oxygen atoms in total. The van der Waals surface area contributed by atoms with Gasteiger partial charge in [0.25, 0.3) is 15.6 Å². The van der Waals surface area contributed by atoms with Crippen molar-refractivity contribution in [1.82, 2.24) is 0 Å². The van der Waals surface area contributed by atoms with Crippen LogP contribution in [0.4, 0.5) is 36.4 Å². The molecule has 1 atom stereocenters. The van der Waals surface area contributed by atoms with Crippen LogP contribution in [0.1, 0.15) is 12.0 Å². The molecule has 0 saturated heterocycles. The van der Waals surface area contributed by atoms with E-state index < -0.39 is 62.7 Å². The highest BCUT2D eigenvalue weighted by molar-refractivity contribution is 8.00. The number of carboxylic acid groups (broad SMARTS) is 1. The maximum atomic E-state index is 13.3. The first-order valence-electron chi connectivity index (χ1n) is 9.15. The van der Waals surface area contributed by atoms with Gasteiger partial charge >= 0.3 is 18.3 Å². The number of carbonyl (C=O) groups is 1. The Hall–Kier alpha value is -2.52. The van der Waals surface area contributed by atoms with E-state index in [1.807, 2.05) is 0 Å². The highest BCUT2D eigenvalue weighted by atomic mass is 32.2. The Labute approximate surface area is 192 Å². The number of thioether (sulfide) groups is 1. The van der Waals surface area contributed by atoms with Crippen LogP contribution in [0.3, 0.4) is 0 Å². The van der Waals surface area contributed by atoms with Crippen molar-refractivity contribution in [2.75, 3.05) is 10.1 Å². The lowest BCUT2D eigenvalue weighted by Gasteiger charge is -2.38. The zero-order valence-corrected chi connectivity index (χ0v) is 18.2. The molecule has 1 aliphatic heterocycles. The summed E-state index contributed by atoms with van der Waals surface area (Å²) in [5, 5.41) is 18.8. The van der Waals surface area contributed by atoms with E-state index in [1.165, 1.54) is 0 Å². The van der Waals surface area contributed by atoms with Crippen LogP contribution in [0.15, 0.2) is 52.3 Å². The fraction of sp³-hybridized carbons (Fsp3) is 0.316. The summed E-state index contributed by atoms with van der Waals surface area (Å²) in [5.41, 5.74) is -7.20. The molecule has 1 aliphatic rings. The van der Waals surface area contributed by atoms with E-state index in [4.69, 9.17) is 0 Å². The minimum atomic E-state index is -6.15. The second kappa shape index (κ2) is 8.61. The molecule has 0 spiro atoms. The summed E-state index contributed by atoms with van der Waals surface area (Å²) in [6, 6.07) is 3.40. The molecule has 15 heteroatoms. The number of rotatable bonds is 5. The van der Waals surface area contributed by atoms with Crippen LogP contribution in [-0.2, 0) is 20.4 Å². The van der Waals surface area contributed by atoms with E-state index in [-0.39, 0.29) is 22.4 Å². The number of alkyl halides is 6. The number of benzene rings is 2. The van der Waals surface area contributed by atoms with Gasteiger partial charge in [0.1, 0.15) is 5.82 Å². The Balaban J connectivity index is 2.20. The van der Waals surface area contributed by atoms with Gasteiger partial charge in [0.05, 0.1) is 23.0 Å². The van der Waals surface area contributed by atoms with Gasteiger partial charge in [-0.2, -0.15) is 26.3 Å². The Morgan fingerprint density at radius 2 is 1.59 bits per heavy atom. The summed E-state index contributed by atoms with van der Waals surface area (Å²) in [7, 11) is -4.61. The molecule has 2 aromatic carbocycles. The molecule has 0 bridgehead atoms. The quantitative estimate of drug-likeness (QED) is 0.558. The van der Waals surface area contributed by atoms with Crippen LogP contribution in [-0.4, -0.2) is 48.7 Å². The summed E-state index contributed by atoms with van der Waals surface area (Å²) < 4.78 is 120. The topological polar surface area (TPSA) is 94.9 Å². The molecule has 3 rings (SSSR count). The lowest BCUT2D eigenvalue weighted by molar-refractivity contribution is -0.376. The number of sulfonamides is 1. The molecule has 34 heavy (non-hydrogen) atoms. The third-order valence-corrected chi connectivity index (χ3v) is 8.05. The Bertz CT molecular complexity index is 1180. The first-order valence-corrected chi connectivity index (χ1v) is 11.6. The molecule has 186 valence electrons. The number of aliphatic hydroxyl groups is 1. The number of halogens is 7. The van der Waals surface area contributed by atoms with E-state index in [0.29, 0.717) is 28.2 Å². The molecule has 0 radical (unpaired) electrons. The normalized spacial score (nSPS) is 17.4. The third kappa shape index (κ3) is 4.43. The van der Waals surface area contributed by atoms with Crippen LogP contribution >= 0.6 is 11.8 Å². The van der Waals surface area contributed by atoms with Gasteiger partial charge in [0, 0.05) is 16.2 Å². The first kappa shape index (κ1) is 26.1. The van der Waals surface area contributed by atoms with Gasteiger partial charge in [-0.05, 0) is 36.4 Å². The summed E-state index contributed by atoms with van der Waals surface area (Å²) in [4.78, 5) is 10.4. The Kier molecular flexibility index (Phi) is 6.60. The van der Waals surface area contributed by atoms with Gasteiger partial charge in [0.15, 0.2) is 0 Å². The minimum Gasteiger partial charge on any atom is -0.481 e. The SMILES string of the molecule is O=C(O)C[C@H]1CSc2cc(C(O)(C(F)(F)F)C(F)(F)F)ccc2N1S(=O)(=O)c1ccc(F)cc1. The minimum absolute atomic E-state index is 0.275. The average molecular weight is 533 g/mol. The molecule has 0 aliphatic carbocycles. The van der Waals surface area contributed by atoms with Crippen molar-refractivity contribution in [2.24, 2.45) is 0 Å². The van der Waals surface area contributed by atoms with Crippen LogP contribution in [0, 0.1) is 5.82 Å². The fourth-order valence-electron chi connectivity index (χ4n) is 3.36. The number of fused-ring (bicyclic) bond motifs is 1. The number of hydrogen-bond acceptors (Lipinski definition) is 5. The molecule has 0 saturated carbocycles. The summed E-state index contributed by atoms with van der Waals surface area (Å²) in [6.07, 6.45) is -13.0. The molecule has 2 aromatic rings. The van der Waals surface area contributed by atoms with E-state index in [0.717, 1.165) is 24.3 Å². The number of carboxylic acids is 1. The van der Waals surface area contributed by atoms with Gasteiger partial charge in [-0.1, -0.05) is 6.07 Å². The number of aliphatic carboxylic acids is 1. The van der Waals surface area contributed by atoms with Crippen molar-refractivity contribution in [3.63, 3.8) is 0 Å². The lowest BCUT2D eigenvalue weighted by atomic mass is 9.92. The van der Waals surface area contributed by atoms with Gasteiger partial charge in [-0.3, -0.25) is 9.10 Å². The fourth-order valence-corrected chi connectivity index (χ4v) is 6.35. The average Bonchev–Trinajstić information content (AvgIpc) is 2.70. The Morgan fingerprint density at radius 1 is 1.03 bits per heavy atom. The molecule has 2 N–H and O–H groups in total. The van der Waals surface area contributed by atoms with Crippen molar-refractivity contribution in [3.8, 4) is 0 Å². The first-order chi connectivity index (χ1) is 15.5. The third-order valence-electron chi connectivity index (χ3n) is 4.98. The molecule has 0 amide bonds. The summed E-state index contributed by atoms with van der Waals surface area (Å²) >= 11 is 0.633. The second-order valence-electron chi connectivity index (χ2n) is 7.21. The number of nitrogens with zero attached hydrogens (tertiary/aromatic N) is 1. The largest absolute Gasteiger partial charge is 0.481 e. The van der Waals surface area contributed by atoms with Crippen LogP contribution in [0.2, 0.25) is 0 Å². The van der Waals surface area contributed by atoms with E-state index in [1.54, 1.807) is 0 Å². The standard InChI is InChI=1S/C19H14F7NO5S2/c20-11-2-4-13(5-3-11)34(31,32)27-12(8-16(28)29)9-33-15-7-10(1-6-14(15)27)17(30,18(21,22)23)19(24,25)26/h1-7,12,30H,8-9H2,(H,28,29)/t12-/m0/s1. The molecule has 0 unspecified atom stereocenters. The zero-order valence-electron chi connectivity index (χ0n) is 16.6.